The zero-order chi connectivity index (χ0) is 14.9. The average Bonchev–Trinajstić information content (AvgIpc) is 2.32. The maximum absolute atomic E-state index is 13.3. The molecule has 2 rings (SSSR count). The van der Waals surface area contributed by atoms with Gasteiger partial charge in [0.1, 0.15) is 22.1 Å². The van der Waals surface area contributed by atoms with Crippen LogP contribution in [0.2, 0.25) is 5.02 Å². The molecule has 3 nitrogen and oxygen atoms in total. The summed E-state index contributed by atoms with van der Waals surface area (Å²) >= 11 is 9.38. The second-order valence-corrected chi connectivity index (χ2v) is 6.62. The van der Waals surface area contributed by atoms with Crippen LogP contribution in [0.5, 0.6) is 0 Å². The van der Waals surface area contributed by atoms with Crippen LogP contribution in [0, 0.1) is 5.82 Å². The maximum Gasteiger partial charge on any atom is 0.137 e. The molecule has 0 saturated heterocycles. The number of hydrogen-bond acceptors (Lipinski definition) is 3. The van der Waals surface area contributed by atoms with E-state index in [-0.39, 0.29) is 11.2 Å². The molecule has 6 heteroatoms. The fraction of sp³-hybridized carbons (Fsp3) is 0.286. The van der Waals surface area contributed by atoms with Crippen molar-refractivity contribution in [3.63, 3.8) is 0 Å². The Morgan fingerprint density at radius 1 is 1.20 bits per heavy atom. The van der Waals surface area contributed by atoms with E-state index in [1.165, 1.54) is 18.2 Å². The van der Waals surface area contributed by atoms with Crippen molar-refractivity contribution < 1.29 is 4.39 Å². The highest BCUT2D eigenvalue weighted by molar-refractivity contribution is 9.10. The zero-order valence-electron chi connectivity index (χ0n) is 11.3. The van der Waals surface area contributed by atoms with Gasteiger partial charge >= 0.3 is 0 Å². The third kappa shape index (κ3) is 3.67. The lowest BCUT2D eigenvalue weighted by molar-refractivity contribution is 0.544. The Balaban J connectivity index is 2.39. The number of benzene rings is 1. The number of anilines is 2. The maximum atomic E-state index is 13.3. The number of hydrogen-bond donors (Lipinski definition) is 1. The molecule has 0 radical (unpaired) electrons. The van der Waals surface area contributed by atoms with E-state index in [0.717, 1.165) is 0 Å². The van der Waals surface area contributed by atoms with Crippen LogP contribution >= 0.6 is 27.5 Å². The minimum absolute atomic E-state index is 0.189. The molecule has 0 fully saturated rings. The largest absolute Gasteiger partial charge is 0.339 e. The van der Waals surface area contributed by atoms with Crippen LogP contribution in [-0.4, -0.2) is 9.97 Å². The van der Waals surface area contributed by atoms with E-state index in [4.69, 9.17) is 11.6 Å². The molecule has 0 bridgehead atoms. The van der Waals surface area contributed by atoms with Gasteiger partial charge in [0.05, 0.1) is 10.7 Å². The number of nitrogens with one attached hydrogen (secondary N) is 1. The molecule has 0 saturated carbocycles. The lowest BCUT2D eigenvalue weighted by atomic mass is 9.96. The van der Waals surface area contributed by atoms with Gasteiger partial charge in [-0.2, -0.15) is 0 Å². The monoisotopic (exact) mass is 357 g/mol. The van der Waals surface area contributed by atoms with Gasteiger partial charge in [0, 0.05) is 11.5 Å². The molecule has 1 aromatic carbocycles. The van der Waals surface area contributed by atoms with Crippen molar-refractivity contribution in [2.75, 3.05) is 5.32 Å². The van der Waals surface area contributed by atoms with Crippen LogP contribution in [0.4, 0.5) is 15.9 Å². The SMILES string of the molecule is CC(C)(C)c1nc(Br)cc(Nc2cc(F)ccc2Cl)n1. The minimum atomic E-state index is -0.360. The topological polar surface area (TPSA) is 37.8 Å². The molecule has 1 aromatic heterocycles. The van der Waals surface area contributed by atoms with Gasteiger partial charge in [-0.3, -0.25) is 0 Å². The van der Waals surface area contributed by atoms with Crippen molar-refractivity contribution >= 4 is 39.0 Å². The van der Waals surface area contributed by atoms with Crippen molar-refractivity contribution in [1.29, 1.82) is 0 Å². The van der Waals surface area contributed by atoms with E-state index in [0.29, 0.717) is 27.0 Å². The van der Waals surface area contributed by atoms with Gasteiger partial charge in [-0.25, -0.2) is 14.4 Å². The third-order valence-electron chi connectivity index (χ3n) is 2.56. The van der Waals surface area contributed by atoms with Gasteiger partial charge in [-0.15, -0.1) is 0 Å². The molecule has 1 N–H and O–H groups in total. The summed E-state index contributed by atoms with van der Waals surface area (Å²) in [5, 5.41) is 3.44. The lowest BCUT2D eigenvalue weighted by Gasteiger charge is -2.18. The van der Waals surface area contributed by atoms with E-state index in [9.17, 15) is 4.39 Å². The summed E-state index contributed by atoms with van der Waals surface area (Å²) in [5.74, 6) is 0.882. The van der Waals surface area contributed by atoms with Gasteiger partial charge in [0.25, 0.3) is 0 Å². The molecule has 1 heterocycles. The van der Waals surface area contributed by atoms with Gasteiger partial charge in [-0.1, -0.05) is 32.4 Å². The molecule has 0 spiro atoms. The van der Waals surface area contributed by atoms with Crippen LogP contribution in [0.1, 0.15) is 26.6 Å². The molecule has 0 aliphatic rings. The Hall–Kier alpha value is -1.20. The number of halogens is 3. The first-order chi connectivity index (χ1) is 9.25. The summed E-state index contributed by atoms with van der Waals surface area (Å²) in [5.41, 5.74) is 0.281. The minimum Gasteiger partial charge on any atom is -0.339 e. The Kier molecular flexibility index (Phi) is 4.30. The average molecular weight is 359 g/mol. The van der Waals surface area contributed by atoms with Crippen molar-refractivity contribution in [2.45, 2.75) is 26.2 Å². The summed E-state index contributed by atoms with van der Waals surface area (Å²) < 4.78 is 13.9. The quantitative estimate of drug-likeness (QED) is 0.761. The second kappa shape index (κ2) is 5.66. The Morgan fingerprint density at radius 3 is 2.55 bits per heavy atom. The molecule has 0 aliphatic carbocycles. The van der Waals surface area contributed by atoms with Crippen molar-refractivity contribution in [1.82, 2.24) is 9.97 Å². The molecule has 20 heavy (non-hydrogen) atoms. The number of nitrogens with zero attached hydrogens (tertiary/aromatic N) is 2. The van der Waals surface area contributed by atoms with Crippen molar-refractivity contribution in [3.05, 3.63) is 45.5 Å². The second-order valence-electron chi connectivity index (χ2n) is 5.40. The predicted molar refractivity (Wildman–Crippen MR) is 83.1 cm³/mol. The lowest BCUT2D eigenvalue weighted by Crippen LogP contribution is -2.17. The molecule has 106 valence electrons. The highest BCUT2D eigenvalue weighted by atomic mass is 79.9. The normalized spacial score (nSPS) is 11.5. The van der Waals surface area contributed by atoms with Gasteiger partial charge in [-0.05, 0) is 34.1 Å². The molecule has 0 atom stereocenters. The van der Waals surface area contributed by atoms with Crippen LogP contribution in [0.25, 0.3) is 0 Å². The summed E-state index contributed by atoms with van der Waals surface area (Å²) in [7, 11) is 0. The van der Waals surface area contributed by atoms with E-state index in [1.807, 2.05) is 20.8 Å². The third-order valence-corrected chi connectivity index (χ3v) is 3.29. The van der Waals surface area contributed by atoms with Gasteiger partial charge in [0.2, 0.25) is 0 Å². The molecule has 0 amide bonds. The van der Waals surface area contributed by atoms with Crippen molar-refractivity contribution in [2.24, 2.45) is 0 Å². The van der Waals surface area contributed by atoms with E-state index < -0.39 is 0 Å². The summed E-state index contributed by atoms with van der Waals surface area (Å²) in [6.45, 7) is 6.06. The van der Waals surface area contributed by atoms with E-state index in [1.54, 1.807) is 6.07 Å². The predicted octanol–water partition coefficient (Wildman–Crippen LogP) is 5.07. The first kappa shape index (κ1) is 15.2. The Bertz CT molecular complexity index is 641. The fourth-order valence-corrected chi connectivity index (χ4v) is 2.10. The van der Waals surface area contributed by atoms with Crippen molar-refractivity contribution in [3.8, 4) is 0 Å². The zero-order valence-corrected chi connectivity index (χ0v) is 13.7. The summed E-state index contributed by atoms with van der Waals surface area (Å²) in [4.78, 5) is 8.78. The fourth-order valence-electron chi connectivity index (χ4n) is 1.55. The Labute approximate surface area is 130 Å². The molecular weight excluding hydrogens is 345 g/mol. The van der Waals surface area contributed by atoms with Crippen LogP contribution in [0.15, 0.2) is 28.9 Å². The summed E-state index contributed by atoms with van der Waals surface area (Å²) in [6, 6.07) is 5.86. The van der Waals surface area contributed by atoms with Crippen LogP contribution in [-0.2, 0) is 5.41 Å². The standard InChI is InChI=1S/C14H14BrClFN3/c1-14(2,3)13-19-11(15)7-12(20-13)18-10-6-8(17)4-5-9(10)16/h4-7H,1-3H3,(H,18,19,20). The highest BCUT2D eigenvalue weighted by Gasteiger charge is 2.19. The van der Waals surface area contributed by atoms with E-state index in [2.05, 4.69) is 31.2 Å². The van der Waals surface area contributed by atoms with E-state index >= 15 is 0 Å². The molecule has 2 aromatic rings. The Morgan fingerprint density at radius 2 is 1.90 bits per heavy atom. The van der Waals surface area contributed by atoms with Crippen LogP contribution in [0.3, 0.4) is 0 Å². The smallest absolute Gasteiger partial charge is 0.137 e. The highest BCUT2D eigenvalue weighted by Crippen LogP contribution is 2.28. The first-order valence-electron chi connectivity index (χ1n) is 6.03. The first-order valence-corrected chi connectivity index (χ1v) is 7.20. The molecular formula is C14H14BrClFN3. The molecule has 0 aliphatic heterocycles. The summed E-state index contributed by atoms with van der Waals surface area (Å²) in [6.07, 6.45) is 0. The molecule has 0 unspecified atom stereocenters. The van der Waals surface area contributed by atoms with Gasteiger partial charge in [0.15, 0.2) is 0 Å². The van der Waals surface area contributed by atoms with Crippen LogP contribution < -0.4 is 5.32 Å². The number of rotatable bonds is 2. The number of aromatic nitrogens is 2. The van der Waals surface area contributed by atoms with Gasteiger partial charge < -0.3 is 5.32 Å².